The second kappa shape index (κ2) is 5.76. The first kappa shape index (κ1) is 13.8. The smallest absolute Gasteiger partial charge is 0.271 e. The van der Waals surface area contributed by atoms with Crippen LogP contribution in [0, 0.1) is 0 Å². The third-order valence-electron chi connectivity index (χ3n) is 3.76. The van der Waals surface area contributed by atoms with Crippen LogP contribution in [0.5, 0.6) is 0 Å². The van der Waals surface area contributed by atoms with Gasteiger partial charge < -0.3 is 14.5 Å². The number of hydrogen-bond acceptors (Lipinski definition) is 6. The van der Waals surface area contributed by atoms with Gasteiger partial charge in [0, 0.05) is 25.2 Å². The number of carbonyl (C=O) groups is 1. The molecule has 1 aliphatic rings. The largest absolute Gasteiger partial charge is 0.379 e. The van der Waals surface area contributed by atoms with Gasteiger partial charge in [0.15, 0.2) is 5.65 Å². The molecule has 0 aromatic carbocycles. The molecule has 0 aliphatic carbocycles. The Labute approximate surface area is 131 Å². The van der Waals surface area contributed by atoms with E-state index in [0.717, 1.165) is 13.0 Å². The molecule has 1 aliphatic heterocycles. The minimum atomic E-state index is -0.257. The zero-order chi connectivity index (χ0) is 15.6. The molecule has 1 fully saturated rings. The standard InChI is InChI=1S/C14H15N7O2/c22-14(12-8-20-3-2-15-6-13(20)17-12)16-5-10-7-21(19-18-10)11-1-4-23-9-11/h2-3,6-8,11H,1,4-5,9H2,(H,16,22). The van der Waals surface area contributed by atoms with Gasteiger partial charge in [0.25, 0.3) is 5.91 Å². The van der Waals surface area contributed by atoms with Crippen molar-refractivity contribution < 1.29 is 9.53 Å². The summed E-state index contributed by atoms with van der Waals surface area (Å²) >= 11 is 0. The first-order valence-corrected chi connectivity index (χ1v) is 7.35. The highest BCUT2D eigenvalue weighted by Crippen LogP contribution is 2.17. The molecule has 9 nitrogen and oxygen atoms in total. The van der Waals surface area contributed by atoms with Crippen LogP contribution in [0.25, 0.3) is 5.65 Å². The fourth-order valence-corrected chi connectivity index (χ4v) is 2.52. The molecule has 0 radical (unpaired) electrons. The van der Waals surface area contributed by atoms with E-state index in [1.54, 1.807) is 33.9 Å². The molecular weight excluding hydrogens is 298 g/mol. The lowest BCUT2D eigenvalue weighted by molar-refractivity contribution is 0.0946. The molecule has 4 heterocycles. The monoisotopic (exact) mass is 313 g/mol. The van der Waals surface area contributed by atoms with E-state index < -0.39 is 0 Å². The molecule has 0 bridgehead atoms. The van der Waals surface area contributed by atoms with E-state index in [1.165, 1.54) is 0 Å². The van der Waals surface area contributed by atoms with Crippen molar-refractivity contribution in [1.82, 2.24) is 34.7 Å². The molecular formula is C14H15N7O2. The van der Waals surface area contributed by atoms with Crippen LogP contribution in [0.1, 0.15) is 28.6 Å². The lowest BCUT2D eigenvalue weighted by atomic mass is 10.3. The zero-order valence-electron chi connectivity index (χ0n) is 12.3. The lowest BCUT2D eigenvalue weighted by Crippen LogP contribution is -2.23. The molecule has 23 heavy (non-hydrogen) atoms. The number of ether oxygens (including phenoxy) is 1. The number of hydrogen-bond donors (Lipinski definition) is 1. The maximum atomic E-state index is 12.2. The average molecular weight is 313 g/mol. The molecule has 0 spiro atoms. The van der Waals surface area contributed by atoms with Gasteiger partial charge in [0.05, 0.1) is 31.6 Å². The summed E-state index contributed by atoms with van der Waals surface area (Å²) in [6.45, 7) is 1.71. The van der Waals surface area contributed by atoms with Crippen LogP contribution in [0.15, 0.2) is 31.0 Å². The second-order valence-corrected chi connectivity index (χ2v) is 5.36. The first-order valence-electron chi connectivity index (χ1n) is 7.35. The minimum absolute atomic E-state index is 0.234. The highest BCUT2D eigenvalue weighted by Gasteiger charge is 2.19. The van der Waals surface area contributed by atoms with Crippen molar-refractivity contribution in [3.05, 3.63) is 42.4 Å². The fourth-order valence-electron chi connectivity index (χ4n) is 2.52. The summed E-state index contributed by atoms with van der Waals surface area (Å²) in [5.41, 5.74) is 1.68. The van der Waals surface area contributed by atoms with Gasteiger partial charge in [-0.05, 0) is 6.42 Å². The molecule has 1 amide bonds. The fraction of sp³-hybridized carbons (Fsp3) is 0.357. The molecule has 3 aromatic rings. The van der Waals surface area contributed by atoms with Crippen LogP contribution in [0.3, 0.4) is 0 Å². The summed E-state index contributed by atoms with van der Waals surface area (Å²) in [7, 11) is 0. The Balaban J connectivity index is 1.41. The maximum absolute atomic E-state index is 12.2. The Morgan fingerprint density at radius 2 is 2.39 bits per heavy atom. The lowest BCUT2D eigenvalue weighted by Gasteiger charge is -2.05. The molecule has 1 saturated heterocycles. The quantitative estimate of drug-likeness (QED) is 0.739. The predicted molar refractivity (Wildman–Crippen MR) is 78.7 cm³/mol. The van der Waals surface area contributed by atoms with Crippen LogP contribution in [0.4, 0.5) is 0 Å². The van der Waals surface area contributed by atoms with Gasteiger partial charge in [-0.15, -0.1) is 5.10 Å². The number of rotatable bonds is 4. The Morgan fingerprint density at radius 3 is 3.22 bits per heavy atom. The van der Waals surface area contributed by atoms with Gasteiger partial charge in [-0.3, -0.25) is 9.78 Å². The van der Waals surface area contributed by atoms with Crippen LogP contribution in [-0.2, 0) is 11.3 Å². The van der Waals surface area contributed by atoms with E-state index in [2.05, 4.69) is 25.6 Å². The molecule has 1 unspecified atom stereocenters. The number of nitrogens with one attached hydrogen (secondary N) is 1. The van der Waals surface area contributed by atoms with Gasteiger partial charge in [0.2, 0.25) is 0 Å². The normalized spacial score (nSPS) is 17.7. The summed E-state index contributed by atoms with van der Waals surface area (Å²) in [6, 6.07) is 0.234. The maximum Gasteiger partial charge on any atom is 0.271 e. The van der Waals surface area contributed by atoms with Crippen LogP contribution in [0.2, 0.25) is 0 Å². The number of amides is 1. The zero-order valence-corrected chi connectivity index (χ0v) is 12.3. The summed E-state index contributed by atoms with van der Waals surface area (Å²) in [4.78, 5) is 20.4. The van der Waals surface area contributed by atoms with Crippen molar-refractivity contribution >= 4 is 11.6 Å². The van der Waals surface area contributed by atoms with E-state index in [4.69, 9.17) is 4.74 Å². The Bertz CT molecular complexity index is 801. The molecule has 1 atom stereocenters. The number of nitrogens with zero attached hydrogens (tertiary/aromatic N) is 6. The number of carbonyl (C=O) groups excluding carboxylic acids is 1. The van der Waals surface area contributed by atoms with Gasteiger partial charge in [-0.25, -0.2) is 9.67 Å². The van der Waals surface area contributed by atoms with Gasteiger partial charge >= 0.3 is 0 Å². The Morgan fingerprint density at radius 1 is 1.43 bits per heavy atom. The first-order chi connectivity index (χ1) is 11.3. The average Bonchev–Trinajstić information content (AvgIpc) is 3.31. The molecule has 1 N–H and O–H groups in total. The summed E-state index contributed by atoms with van der Waals surface area (Å²) < 4.78 is 8.88. The van der Waals surface area contributed by atoms with E-state index in [0.29, 0.717) is 30.2 Å². The van der Waals surface area contributed by atoms with Gasteiger partial charge in [-0.1, -0.05) is 5.21 Å². The van der Waals surface area contributed by atoms with E-state index in [1.807, 2.05) is 6.20 Å². The minimum Gasteiger partial charge on any atom is -0.379 e. The van der Waals surface area contributed by atoms with Gasteiger partial charge in [-0.2, -0.15) is 0 Å². The van der Waals surface area contributed by atoms with Crippen molar-refractivity contribution in [2.45, 2.75) is 19.0 Å². The SMILES string of the molecule is O=C(NCc1cn(C2CCOC2)nn1)c1cn2ccncc2n1. The van der Waals surface area contributed by atoms with E-state index in [9.17, 15) is 4.79 Å². The highest BCUT2D eigenvalue weighted by molar-refractivity contribution is 5.92. The highest BCUT2D eigenvalue weighted by atomic mass is 16.5. The second-order valence-electron chi connectivity index (χ2n) is 5.36. The summed E-state index contributed by atoms with van der Waals surface area (Å²) in [5.74, 6) is -0.257. The van der Waals surface area contributed by atoms with Crippen molar-refractivity contribution in [2.75, 3.05) is 13.2 Å². The Hall–Kier alpha value is -2.81. The van der Waals surface area contributed by atoms with Crippen LogP contribution >= 0.6 is 0 Å². The van der Waals surface area contributed by atoms with Crippen LogP contribution < -0.4 is 5.32 Å². The van der Waals surface area contributed by atoms with Crippen molar-refractivity contribution in [3.8, 4) is 0 Å². The van der Waals surface area contributed by atoms with E-state index >= 15 is 0 Å². The molecule has 3 aromatic heterocycles. The third-order valence-corrected chi connectivity index (χ3v) is 3.76. The van der Waals surface area contributed by atoms with Crippen molar-refractivity contribution in [2.24, 2.45) is 0 Å². The van der Waals surface area contributed by atoms with Gasteiger partial charge in [0.1, 0.15) is 11.4 Å². The molecule has 0 saturated carbocycles. The predicted octanol–water partition coefficient (Wildman–Crippen LogP) is 0.212. The summed E-state index contributed by atoms with van der Waals surface area (Å²) in [6.07, 6.45) is 9.43. The topological polar surface area (TPSA) is 99.2 Å². The van der Waals surface area contributed by atoms with E-state index in [-0.39, 0.29) is 11.9 Å². The number of aromatic nitrogens is 6. The number of imidazole rings is 1. The molecule has 118 valence electrons. The Kier molecular flexibility index (Phi) is 3.46. The number of fused-ring (bicyclic) bond motifs is 1. The summed E-state index contributed by atoms with van der Waals surface area (Å²) in [5, 5.41) is 11.0. The van der Waals surface area contributed by atoms with Crippen molar-refractivity contribution in [1.29, 1.82) is 0 Å². The van der Waals surface area contributed by atoms with Crippen LogP contribution in [-0.4, -0.2) is 48.5 Å². The molecule has 9 heteroatoms. The third kappa shape index (κ3) is 2.78. The van der Waals surface area contributed by atoms with Crippen molar-refractivity contribution in [3.63, 3.8) is 0 Å². The molecule has 4 rings (SSSR count).